The lowest BCUT2D eigenvalue weighted by Crippen LogP contribution is -2.42. The van der Waals surface area contributed by atoms with Gasteiger partial charge in [-0.15, -0.1) is 0 Å². The fourth-order valence-corrected chi connectivity index (χ4v) is 1.99. The number of halogens is 1. The maximum absolute atomic E-state index is 11.9. The van der Waals surface area contributed by atoms with E-state index in [2.05, 4.69) is 5.32 Å². The summed E-state index contributed by atoms with van der Waals surface area (Å²) >= 11 is 5.85. The monoisotopic (exact) mass is 284 g/mol. The zero-order valence-corrected chi connectivity index (χ0v) is 12.4. The number of nitrogens with one attached hydrogen (secondary N) is 1. The van der Waals surface area contributed by atoms with Gasteiger partial charge in [0.15, 0.2) is 0 Å². The smallest absolute Gasteiger partial charge is 0.238 e. The molecule has 0 bridgehead atoms. The van der Waals surface area contributed by atoms with E-state index in [-0.39, 0.29) is 12.5 Å². The Bertz CT molecular complexity index is 430. The SMILES string of the molecule is CCN(CC(=O)Nc1cccc(Cl)c1)CC(C)(C)O. The number of carbonyl (C=O) groups excluding carboxylic acids is 1. The molecule has 0 aromatic heterocycles. The van der Waals surface area contributed by atoms with Crippen molar-refractivity contribution in [3.8, 4) is 0 Å². The highest BCUT2D eigenvalue weighted by molar-refractivity contribution is 6.30. The van der Waals surface area contributed by atoms with Gasteiger partial charge in [0, 0.05) is 17.3 Å². The van der Waals surface area contributed by atoms with E-state index in [4.69, 9.17) is 11.6 Å². The number of hydrogen-bond acceptors (Lipinski definition) is 3. The highest BCUT2D eigenvalue weighted by Crippen LogP contribution is 2.15. The first-order chi connectivity index (χ1) is 8.80. The van der Waals surface area contributed by atoms with E-state index >= 15 is 0 Å². The molecule has 0 unspecified atom stereocenters. The standard InChI is InChI=1S/C14H21ClN2O2/c1-4-17(10-14(2,3)19)9-13(18)16-12-7-5-6-11(15)8-12/h5-8,19H,4,9-10H2,1-3H3,(H,16,18). The summed E-state index contributed by atoms with van der Waals surface area (Å²) in [4.78, 5) is 13.8. The van der Waals surface area contributed by atoms with Crippen LogP contribution in [0.3, 0.4) is 0 Å². The second-order valence-electron chi connectivity index (χ2n) is 5.17. The summed E-state index contributed by atoms with van der Waals surface area (Å²) in [6.07, 6.45) is 0. The molecule has 0 heterocycles. The molecule has 106 valence electrons. The second kappa shape index (κ2) is 6.89. The van der Waals surface area contributed by atoms with Gasteiger partial charge in [-0.2, -0.15) is 0 Å². The molecule has 1 aromatic carbocycles. The molecule has 5 heteroatoms. The lowest BCUT2D eigenvalue weighted by Gasteiger charge is -2.27. The van der Waals surface area contributed by atoms with Crippen molar-refractivity contribution in [1.82, 2.24) is 4.90 Å². The maximum Gasteiger partial charge on any atom is 0.238 e. The molecule has 0 spiro atoms. The van der Waals surface area contributed by atoms with Crippen LogP contribution in [0.1, 0.15) is 20.8 Å². The molecular weight excluding hydrogens is 264 g/mol. The Kier molecular flexibility index (Phi) is 5.79. The van der Waals surface area contributed by atoms with Crippen LogP contribution in [0.25, 0.3) is 0 Å². The number of nitrogens with zero attached hydrogens (tertiary/aromatic N) is 1. The third-order valence-electron chi connectivity index (χ3n) is 2.53. The molecule has 0 atom stereocenters. The van der Waals surface area contributed by atoms with Gasteiger partial charge in [-0.05, 0) is 38.6 Å². The van der Waals surface area contributed by atoms with E-state index in [9.17, 15) is 9.90 Å². The van der Waals surface area contributed by atoms with E-state index in [1.54, 1.807) is 38.1 Å². The van der Waals surface area contributed by atoms with Gasteiger partial charge >= 0.3 is 0 Å². The number of hydrogen-bond donors (Lipinski definition) is 2. The van der Waals surface area contributed by atoms with Crippen LogP contribution in [0.5, 0.6) is 0 Å². The predicted octanol–water partition coefficient (Wildman–Crippen LogP) is 2.37. The molecule has 0 saturated heterocycles. The molecule has 0 aliphatic rings. The van der Waals surface area contributed by atoms with Gasteiger partial charge in [-0.25, -0.2) is 0 Å². The Balaban J connectivity index is 2.54. The van der Waals surface area contributed by atoms with Gasteiger partial charge in [0.1, 0.15) is 0 Å². The van der Waals surface area contributed by atoms with E-state index in [0.717, 1.165) is 0 Å². The third kappa shape index (κ3) is 6.57. The average molecular weight is 285 g/mol. The van der Waals surface area contributed by atoms with Crippen molar-refractivity contribution in [2.24, 2.45) is 0 Å². The van der Waals surface area contributed by atoms with Crippen molar-refractivity contribution in [3.05, 3.63) is 29.3 Å². The fraction of sp³-hybridized carbons (Fsp3) is 0.500. The summed E-state index contributed by atoms with van der Waals surface area (Å²) in [6, 6.07) is 7.03. The molecule has 4 nitrogen and oxygen atoms in total. The topological polar surface area (TPSA) is 52.6 Å². The molecular formula is C14H21ClN2O2. The summed E-state index contributed by atoms with van der Waals surface area (Å²) in [5, 5.41) is 13.1. The van der Waals surface area contributed by atoms with E-state index in [1.165, 1.54) is 0 Å². The Labute approximate surface area is 119 Å². The van der Waals surface area contributed by atoms with Gasteiger partial charge in [0.05, 0.1) is 12.1 Å². The van der Waals surface area contributed by atoms with Gasteiger partial charge in [0.25, 0.3) is 0 Å². The first-order valence-electron chi connectivity index (χ1n) is 6.30. The number of carbonyl (C=O) groups is 1. The van der Waals surface area contributed by atoms with Gasteiger partial charge in [0.2, 0.25) is 5.91 Å². The normalized spacial score (nSPS) is 11.7. The highest BCUT2D eigenvalue weighted by atomic mass is 35.5. The molecule has 0 fully saturated rings. The maximum atomic E-state index is 11.9. The zero-order valence-electron chi connectivity index (χ0n) is 11.6. The minimum absolute atomic E-state index is 0.117. The van der Waals surface area contributed by atoms with Crippen LogP contribution in [-0.2, 0) is 4.79 Å². The first-order valence-corrected chi connectivity index (χ1v) is 6.68. The Morgan fingerprint density at radius 3 is 2.68 bits per heavy atom. The number of rotatable bonds is 6. The van der Waals surface area contributed by atoms with Crippen molar-refractivity contribution < 1.29 is 9.90 Å². The number of aliphatic hydroxyl groups is 1. The third-order valence-corrected chi connectivity index (χ3v) is 2.77. The van der Waals surface area contributed by atoms with E-state index in [1.807, 2.05) is 11.8 Å². The average Bonchev–Trinajstić information content (AvgIpc) is 2.26. The van der Waals surface area contributed by atoms with Crippen molar-refractivity contribution in [2.45, 2.75) is 26.4 Å². The molecule has 0 saturated carbocycles. The zero-order chi connectivity index (χ0) is 14.5. The second-order valence-corrected chi connectivity index (χ2v) is 5.61. The van der Waals surface area contributed by atoms with E-state index in [0.29, 0.717) is 23.8 Å². The molecule has 0 radical (unpaired) electrons. The number of benzene rings is 1. The van der Waals surface area contributed by atoms with Crippen LogP contribution in [0.4, 0.5) is 5.69 Å². The van der Waals surface area contributed by atoms with Gasteiger partial charge in [-0.1, -0.05) is 24.6 Å². The van der Waals surface area contributed by atoms with Crippen LogP contribution in [0.2, 0.25) is 5.02 Å². The van der Waals surface area contributed by atoms with Crippen LogP contribution in [-0.4, -0.2) is 41.1 Å². The minimum atomic E-state index is -0.813. The molecule has 19 heavy (non-hydrogen) atoms. The van der Waals surface area contributed by atoms with Crippen LogP contribution < -0.4 is 5.32 Å². The lowest BCUT2D eigenvalue weighted by molar-refractivity contribution is -0.117. The summed E-state index contributed by atoms with van der Waals surface area (Å²) in [7, 11) is 0. The number of anilines is 1. The molecule has 1 rings (SSSR count). The Hall–Kier alpha value is -1.10. The summed E-state index contributed by atoms with van der Waals surface area (Å²) in [5.74, 6) is -0.117. The largest absolute Gasteiger partial charge is 0.389 e. The van der Waals surface area contributed by atoms with Crippen molar-refractivity contribution in [1.29, 1.82) is 0 Å². The molecule has 1 aromatic rings. The number of likely N-dealkylation sites (N-methyl/N-ethyl adjacent to an activating group) is 1. The molecule has 0 aliphatic carbocycles. The van der Waals surface area contributed by atoms with Crippen molar-refractivity contribution >= 4 is 23.2 Å². The number of amides is 1. The highest BCUT2D eigenvalue weighted by Gasteiger charge is 2.19. The van der Waals surface area contributed by atoms with Crippen molar-refractivity contribution in [2.75, 3.05) is 25.0 Å². The van der Waals surface area contributed by atoms with Crippen molar-refractivity contribution in [3.63, 3.8) is 0 Å². The van der Waals surface area contributed by atoms with Crippen LogP contribution >= 0.6 is 11.6 Å². The summed E-state index contributed by atoms with van der Waals surface area (Å²) < 4.78 is 0. The Morgan fingerprint density at radius 1 is 1.47 bits per heavy atom. The van der Waals surface area contributed by atoms with Crippen LogP contribution in [0.15, 0.2) is 24.3 Å². The lowest BCUT2D eigenvalue weighted by atomic mass is 10.1. The summed E-state index contributed by atoms with van der Waals surface area (Å²) in [5.41, 5.74) is -0.136. The Morgan fingerprint density at radius 2 is 2.16 bits per heavy atom. The summed E-state index contributed by atoms with van der Waals surface area (Å²) in [6.45, 7) is 6.81. The minimum Gasteiger partial charge on any atom is -0.389 e. The molecule has 1 amide bonds. The van der Waals surface area contributed by atoms with Gasteiger partial charge in [-0.3, -0.25) is 9.69 Å². The van der Waals surface area contributed by atoms with Crippen LogP contribution in [0, 0.1) is 0 Å². The first kappa shape index (κ1) is 16.0. The van der Waals surface area contributed by atoms with Gasteiger partial charge < -0.3 is 10.4 Å². The predicted molar refractivity (Wildman–Crippen MR) is 78.5 cm³/mol. The molecule has 2 N–H and O–H groups in total. The molecule has 0 aliphatic heterocycles. The van der Waals surface area contributed by atoms with E-state index < -0.39 is 5.60 Å². The fourth-order valence-electron chi connectivity index (χ4n) is 1.80. The quantitative estimate of drug-likeness (QED) is 0.843.